The molecule has 1 fully saturated rings. The van der Waals surface area contributed by atoms with E-state index >= 15 is 0 Å². The Balaban J connectivity index is 2.15. The average Bonchev–Trinajstić information content (AvgIpc) is 2.06. The molecule has 1 aliphatic rings. The van der Waals surface area contributed by atoms with Crippen LogP contribution in [0.1, 0.15) is 20.3 Å². The molecule has 1 saturated heterocycles. The van der Waals surface area contributed by atoms with E-state index in [0.29, 0.717) is 12.0 Å². The molecule has 0 radical (unpaired) electrons. The second kappa shape index (κ2) is 5.62. The predicted molar refractivity (Wildman–Crippen MR) is 68.3 cm³/mol. The maximum absolute atomic E-state index is 5.92. The maximum Gasteiger partial charge on any atom is 0.184 e. The zero-order chi connectivity index (χ0) is 12.2. The summed E-state index contributed by atoms with van der Waals surface area (Å²) in [6.07, 6.45) is 1.34. The highest BCUT2D eigenvalue weighted by molar-refractivity contribution is 6.69. The molecule has 16 heavy (non-hydrogen) atoms. The number of hydrogen-bond acceptors (Lipinski definition) is 3. The van der Waals surface area contributed by atoms with E-state index in [2.05, 4.69) is 33.5 Å². The minimum absolute atomic E-state index is 0.210. The minimum atomic E-state index is -1.42. The van der Waals surface area contributed by atoms with E-state index in [-0.39, 0.29) is 6.10 Å². The topological polar surface area (TPSA) is 27.7 Å². The summed E-state index contributed by atoms with van der Waals surface area (Å²) in [5, 5.41) is 0. The summed E-state index contributed by atoms with van der Waals surface area (Å²) in [4.78, 5) is 0. The van der Waals surface area contributed by atoms with Crippen molar-refractivity contribution in [3.63, 3.8) is 0 Å². The van der Waals surface area contributed by atoms with Crippen molar-refractivity contribution in [2.75, 3.05) is 26.4 Å². The Morgan fingerprint density at radius 1 is 1.31 bits per heavy atom. The average molecular weight is 246 g/mol. The first-order valence-electron chi connectivity index (χ1n) is 6.20. The van der Waals surface area contributed by atoms with Crippen molar-refractivity contribution in [1.29, 1.82) is 0 Å². The lowest BCUT2D eigenvalue weighted by Crippen LogP contribution is -2.46. The molecule has 4 heteroatoms. The van der Waals surface area contributed by atoms with Gasteiger partial charge in [-0.25, -0.2) is 0 Å². The van der Waals surface area contributed by atoms with Crippen LogP contribution in [0.5, 0.6) is 0 Å². The molecule has 1 aliphatic heterocycles. The predicted octanol–water partition coefficient (Wildman–Crippen LogP) is 2.67. The summed E-state index contributed by atoms with van der Waals surface area (Å²) in [6.45, 7) is 14.1. The first-order chi connectivity index (χ1) is 7.37. The van der Waals surface area contributed by atoms with Gasteiger partial charge in [0.2, 0.25) is 0 Å². The molecule has 0 aromatic heterocycles. The summed E-state index contributed by atoms with van der Waals surface area (Å²) in [5.74, 6) is 0. The second-order valence-corrected chi connectivity index (χ2v) is 10.4. The number of ether oxygens (including phenoxy) is 2. The molecule has 0 amide bonds. The van der Waals surface area contributed by atoms with Gasteiger partial charge in [-0.05, 0) is 33.0 Å². The van der Waals surface area contributed by atoms with Crippen LogP contribution in [0.3, 0.4) is 0 Å². The number of hydrogen-bond donors (Lipinski definition) is 0. The lowest BCUT2D eigenvalue weighted by Gasteiger charge is -2.40. The molecule has 1 unspecified atom stereocenters. The van der Waals surface area contributed by atoms with Crippen molar-refractivity contribution >= 4 is 8.32 Å². The second-order valence-electron chi connectivity index (χ2n) is 5.90. The normalized spacial score (nSPS) is 21.6. The van der Waals surface area contributed by atoms with E-state index in [1.807, 2.05) is 0 Å². The zero-order valence-electron chi connectivity index (χ0n) is 11.3. The first kappa shape index (κ1) is 14.2. The van der Waals surface area contributed by atoms with Crippen LogP contribution in [0.2, 0.25) is 19.6 Å². The lowest BCUT2D eigenvalue weighted by atomic mass is 9.84. The molecular formula is C12H26O3Si. The Hall–Kier alpha value is 0.0969. The summed E-state index contributed by atoms with van der Waals surface area (Å²) < 4.78 is 16.9. The highest BCUT2D eigenvalue weighted by atomic mass is 28.4. The van der Waals surface area contributed by atoms with Crippen molar-refractivity contribution in [1.82, 2.24) is 0 Å². The molecule has 0 aliphatic carbocycles. The van der Waals surface area contributed by atoms with Crippen molar-refractivity contribution in [3.8, 4) is 0 Å². The standard InChI is InChI=1S/C12H26O3Si/c1-6-12(9-14-10-12)8-13-7-11(2)15-16(3,4)5/h11H,6-10H2,1-5H3. The summed E-state index contributed by atoms with van der Waals surface area (Å²) >= 11 is 0. The van der Waals surface area contributed by atoms with Crippen molar-refractivity contribution in [2.45, 2.75) is 46.0 Å². The molecule has 3 nitrogen and oxygen atoms in total. The van der Waals surface area contributed by atoms with Gasteiger partial charge in [0.25, 0.3) is 0 Å². The molecule has 0 bridgehead atoms. The highest BCUT2D eigenvalue weighted by Gasteiger charge is 2.37. The molecule has 0 aromatic carbocycles. The van der Waals surface area contributed by atoms with Crippen LogP contribution in [-0.4, -0.2) is 40.8 Å². The van der Waals surface area contributed by atoms with Crippen molar-refractivity contribution < 1.29 is 13.9 Å². The minimum Gasteiger partial charge on any atom is -0.413 e. The molecule has 1 atom stereocenters. The summed E-state index contributed by atoms with van der Waals surface area (Å²) in [6, 6.07) is 0. The fraction of sp³-hybridized carbons (Fsp3) is 1.00. The smallest absolute Gasteiger partial charge is 0.184 e. The van der Waals surface area contributed by atoms with Gasteiger partial charge in [0.1, 0.15) is 0 Å². The fourth-order valence-electron chi connectivity index (χ4n) is 1.86. The van der Waals surface area contributed by atoms with E-state index in [0.717, 1.165) is 26.2 Å². The molecule has 0 N–H and O–H groups in total. The van der Waals surface area contributed by atoms with Crippen LogP contribution in [-0.2, 0) is 13.9 Å². The zero-order valence-corrected chi connectivity index (χ0v) is 12.3. The Labute approximate surface area is 101 Å². The molecule has 0 spiro atoms. The quantitative estimate of drug-likeness (QED) is 0.646. The van der Waals surface area contributed by atoms with Crippen LogP contribution in [0, 0.1) is 5.41 Å². The SMILES string of the molecule is CCC1(COCC(C)O[Si](C)(C)C)COC1. The Kier molecular flexibility index (Phi) is 4.98. The molecule has 1 rings (SSSR count). The Morgan fingerprint density at radius 3 is 2.31 bits per heavy atom. The van der Waals surface area contributed by atoms with Crippen LogP contribution in [0.4, 0.5) is 0 Å². The van der Waals surface area contributed by atoms with E-state index in [1.165, 1.54) is 0 Å². The van der Waals surface area contributed by atoms with Gasteiger partial charge in [-0.2, -0.15) is 0 Å². The van der Waals surface area contributed by atoms with Crippen LogP contribution in [0.25, 0.3) is 0 Å². The fourth-order valence-corrected chi connectivity index (χ4v) is 3.13. The third-order valence-corrected chi connectivity index (χ3v) is 3.99. The molecule has 0 aromatic rings. The van der Waals surface area contributed by atoms with E-state index in [4.69, 9.17) is 13.9 Å². The van der Waals surface area contributed by atoms with Gasteiger partial charge in [-0.3, -0.25) is 0 Å². The largest absolute Gasteiger partial charge is 0.413 e. The molecule has 96 valence electrons. The summed E-state index contributed by atoms with van der Waals surface area (Å²) in [7, 11) is -1.42. The monoisotopic (exact) mass is 246 g/mol. The van der Waals surface area contributed by atoms with Crippen LogP contribution < -0.4 is 0 Å². The van der Waals surface area contributed by atoms with Gasteiger partial charge in [-0.15, -0.1) is 0 Å². The molecular weight excluding hydrogens is 220 g/mol. The van der Waals surface area contributed by atoms with Crippen LogP contribution >= 0.6 is 0 Å². The van der Waals surface area contributed by atoms with E-state index in [9.17, 15) is 0 Å². The maximum atomic E-state index is 5.92. The Morgan fingerprint density at radius 2 is 1.94 bits per heavy atom. The van der Waals surface area contributed by atoms with Crippen LogP contribution in [0.15, 0.2) is 0 Å². The third kappa shape index (κ3) is 4.53. The number of rotatable bonds is 7. The van der Waals surface area contributed by atoms with Gasteiger partial charge in [0, 0.05) is 5.41 Å². The van der Waals surface area contributed by atoms with Crippen molar-refractivity contribution in [3.05, 3.63) is 0 Å². The summed E-state index contributed by atoms with van der Waals surface area (Å²) in [5.41, 5.74) is 0.291. The van der Waals surface area contributed by atoms with Gasteiger partial charge >= 0.3 is 0 Å². The van der Waals surface area contributed by atoms with Crippen molar-refractivity contribution in [2.24, 2.45) is 5.41 Å². The Bertz CT molecular complexity index is 203. The van der Waals surface area contributed by atoms with E-state index < -0.39 is 8.32 Å². The van der Waals surface area contributed by atoms with E-state index in [1.54, 1.807) is 0 Å². The third-order valence-electron chi connectivity index (χ3n) is 2.88. The van der Waals surface area contributed by atoms with Gasteiger partial charge in [0.05, 0.1) is 32.5 Å². The van der Waals surface area contributed by atoms with Gasteiger partial charge < -0.3 is 13.9 Å². The van der Waals surface area contributed by atoms with Gasteiger partial charge in [0.15, 0.2) is 8.32 Å². The van der Waals surface area contributed by atoms with Gasteiger partial charge in [-0.1, -0.05) is 6.92 Å². The lowest BCUT2D eigenvalue weighted by molar-refractivity contribution is -0.154. The molecule has 1 heterocycles. The first-order valence-corrected chi connectivity index (χ1v) is 9.61. The highest BCUT2D eigenvalue weighted by Crippen LogP contribution is 2.31. The molecule has 0 saturated carbocycles.